The Kier molecular flexibility index (Phi) is 7.23. The van der Waals surface area contributed by atoms with Crippen LogP contribution >= 0.6 is 0 Å². The number of nitrogens with zero attached hydrogens (tertiary/aromatic N) is 2. The van der Waals surface area contributed by atoms with E-state index in [1.54, 1.807) is 19.2 Å². The smallest absolute Gasteiger partial charge is 0.243 e. The molecule has 0 unspecified atom stereocenters. The summed E-state index contributed by atoms with van der Waals surface area (Å²) in [4.78, 5) is 12.7. The monoisotopic (exact) mass is 481 g/mol. The van der Waals surface area contributed by atoms with Gasteiger partial charge in [0, 0.05) is 27.2 Å². The minimum atomic E-state index is -3.96. The molecule has 0 radical (unpaired) electrons. The van der Waals surface area contributed by atoms with E-state index in [-0.39, 0.29) is 28.8 Å². The molecule has 32 heavy (non-hydrogen) atoms. The van der Waals surface area contributed by atoms with E-state index < -0.39 is 26.1 Å². The predicted molar refractivity (Wildman–Crippen MR) is 119 cm³/mol. The van der Waals surface area contributed by atoms with Gasteiger partial charge in [-0.3, -0.25) is 4.79 Å². The van der Waals surface area contributed by atoms with E-state index in [0.717, 1.165) is 9.87 Å². The maximum absolute atomic E-state index is 13.2. The Morgan fingerprint density at radius 3 is 2.19 bits per heavy atom. The lowest BCUT2D eigenvalue weighted by Gasteiger charge is -2.23. The van der Waals surface area contributed by atoms with Crippen molar-refractivity contribution in [2.24, 2.45) is 0 Å². The number of ether oxygens (including phenoxy) is 1. The van der Waals surface area contributed by atoms with Crippen molar-refractivity contribution in [2.75, 3.05) is 27.7 Å². The normalized spacial score (nSPS) is 17.4. The van der Waals surface area contributed by atoms with Gasteiger partial charge in [-0.15, -0.1) is 0 Å². The molecule has 0 bridgehead atoms. The molecular formula is C21H27N3O6S2. The van der Waals surface area contributed by atoms with Crippen LogP contribution in [-0.2, 0) is 31.4 Å². The number of nitrogens with one attached hydrogen (secondary N) is 1. The average Bonchev–Trinajstić information content (AvgIpc) is 3.29. The maximum Gasteiger partial charge on any atom is 0.243 e. The number of benzene rings is 2. The topological polar surface area (TPSA) is 113 Å². The van der Waals surface area contributed by atoms with Crippen LogP contribution in [-0.4, -0.2) is 65.1 Å². The molecule has 0 spiro atoms. The molecule has 1 amide bonds. The van der Waals surface area contributed by atoms with Crippen LogP contribution in [0.1, 0.15) is 18.4 Å². The van der Waals surface area contributed by atoms with Crippen molar-refractivity contribution in [1.82, 2.24) is 13.9 Å². The summed E-state index contributed by atoms with van der Waals surface area (Å²) < 4.78 is 58.1. The second-order valence-electron chi connectivity index (χ2n) is 7.60. The second-order valence-corrected chi connectivity index (χ2v) is 11.6. The van der Waals surface area contributed by atoms with Crippen LogP contribution in [0.3, 0.4) is 0 Å². The molecule has 1 aliphatic heterocycles. The van der Waals surface area contributed by atoms with Crippen LogP contribution in [0.5, 0.6) is 5.75 Å². The summed E-state index contributed by atoms with van der Waals surface area (Å²) in [6, 6.07) is 11.4. The van der Waals surface area contributed by atoms with Gasteiger partial charge in [0.25, 0.3) is 0 Å². The molecule has 2 aromatic rings. The van der Waals surface area contributed by atoms with Gasteiger partial charge in [-0.05, 0) is 54.8 Å². The molecule has 1 aliphatic rings. The Bertz CT molecular complexity index is 1160. The highest BCUT2D eigenvalue weighted by molar-refractivity contribution is 7.89. The van der Waals surface area contributed by atoms with E-state index in [4.69, 9.17) is 4.74 Å². The Morgan fingerprint density at radius 1 is 1.03 bits per heavy atom. The molecule has 2 aromatic carbocycles. The van der Waals surface area contributed by atoms with E-state index in [1.165, 1.54) is 42.7 Å². The second kappa shape index (κ2) is 9.57. The quantitative estimate of drug-likeness (QED) is 0.610. The molecular weight excluding hydrogens is 454 g/mol. The molecule has 11 heteroatoms. The Hall–Kier alpha value is -2.47. The fraction of sp³-hybridized carbons (Fsp3) is 0.381. The molecule has 1 saturated heterocycles. The van der Waals surface area contributed by atoms with E-state index in [0.29, 0.717) is 18.6 Å². The van der Waals surface area contributed by atoms with Gasteiger partial charge in [-0.2, -0.15) is 4.31 Å². The lowest BCUT2D eigenvalue weighted by molar-refractivity contribution is -0.124. The first-order valence-corrected chi connectivity index (χ1v) is 12.9. The van der Waals surface area contributed by atoms with Gasteiger partial charge in [0.2, 0.25) is 26.0 Å². The number of hydrogen-bond acceptors (Lipinski definition) is 6. The molecule has 1 atom stereocenters. The largest absolute Gasteiger partial charge is 0.497 e. The summed E-state index contributed by atoms with van der Waals surface area (Å²) in [5.41, 5.74) is 0.865. The van der Waals surface area contributed by atoms with Crippen molar-refractivity contribution in [1.29, 1.82) is 0 Å². The highest BCUT2D eigenvalue weighted by Crippen LogP contribution is 2.27. The third-order valence-electron chi connectivity index (χ3n) is 5.34. The Labute approximate surface area is 189 Å². The van der Waals surface area contributed by atoms with Gasteiger partial charge in [0.1, 0.15) is 11.8 Å². The molecule has 3 rings (SSSR count). The SMILES string of the molecule is COc1ccc(CNC(=O)[C@@H]2CCCN2S(=O)(=O)c2ccc(S(=O)(=O)N(C)C)cc2)cc1. The van der Waals surface area contributed by atoms with Crippen LogP contribution < -0.4 is 10.1 Å². The number of rotatable bonds is 8. The number of sulfonamides is 2. The van der Waals surface area contributed by atoms with Crippen molar-refractivity contribution >= 4 is 26.0 Å². The fourth-order valence-electron chi connectivity index (χ4n) is 3.47. The van der Waals surface area contributed by atoms with Crippen molar-refractivity contribution < 1.29 is 26.4 Å². The van der Waals surface area contributed by atoms with Gasteiger partial charge in [0.05, 0.1) is 16.9 Å². The highest BCUT2D eigenvalue weighted by atomic mass is 32.2. The Morgan fingerprint density at radius 2 is 1.62 bits per heavy atom. The summed E-state index contributed by atoms with van der Waals surface area (Å²) in [7, 11) is -3.25. The maximum atomic E-state index is 13.2. The lowest BCUT2D eigenvalue weighted by atomic mass is 10.2. The molecule has 174 valence electrons. The molecule has 1 N–H and O–H groups in total. The van der Waals surface area contributed by atoms with Crippen LogP contribution in [0.4, 0.5) is 0 Å². The fourth-order valence-corrected chi connectivity index (χ4v) is 6.03. The number of carbonyl (C=O) groups excluding carboxylic acids is 1. The molecule has 9 nitrogen and oxygen atoms in total. The van der Waals surface area contributed by atoms with Crippen molar-refractivity contribution in [3.63, 3.8) is 0 Å². The van der Waals surface area contributed by atoms with E-state index in [9.17, 15) is 21.6 Å². The predicted octanol–water partition coefficient (Wildman–Crippen LogP) is 1.42. The summed E-state index contributed by atoms with van der Waals surface area (Å²) in [5, 5.41) is 2.80. The molecule has 1 heterocycles. The standard InChI is InChI=1S/C21H27N3O6S2/c1-23(2)31(26,27)18-10-12-19(13-11-18)32(28,29)24-14-4-5-20(24)21(25)22-15-16-6-8-17(30-3)9-7-16/h6-13,20H,4-5,14-15H2,1-3H3,(H,22,25)/t20-/m0/s1. The zero-order chi connectivity index (χ0) is 23.5. The number of hydrogen-bond donors (Lipinski definition) is 1. The summed E-state index contributed by atoms with van der Waals surface area (Å²) in [6.45, 7) is 0.491. The summed E-state index contributed by atoms with van der Waals surface area (Å²) >= 11 is 0. The van der Waals surface area contributed by atoms with Crippen molar-refractivity contribution in [2.45, 2.75) is 35.2 Å². The van der Waals surface area contributed by atoms with Crippen LogP contribution in [0.2, 0.25) is 0 Å². The van der Waals surface area contributed by atoms with E-state index >= 15 is 0 Å². The van der Waals surface area contributed by atoms with Gasteiger partial charge in [-0.25, -0.2) is 21.1 Å². The van der Waals surface area contributed by atoms with Crippen LogP contribution in [0.15, 0.2) is 58.3 Å². The first kappa shape index (κ1) is 24.2. The van der Waals surface area contributed by atoms with Crippen molar-refractivity contribution in [3.8, 4) is 5.75 Å². The Balaban J connectivity index is 1.73. The number of amides is 1. The zero-order valence-corrected chi connectivity index (χ0v) is 19.8. The summed E-state index contributed by atoms with van der Waals surface area (Å²) in [6.07, 6.45) is 0.980. The third-order valence-corrected chi connectivity index (χ3v) is 9.09. The first-order valence-electron chi connectivity index (χ1n) is 10.0. The van der Waals surface area contributed by atoms with Gasteiger partial charge in [0.15, 0.2) is 0 Å². The van der Waals surface area contributed by atoms with Crippen LogP contribution in [0, 0.1) is 0 Å². The van der Waals surface area contributed by atoms with E-state index in [1.807, 2.05) is 12.1 Å². The molecule has 1 fully saturated rings. The summed E-state index contributed by atoms with van der Waals surface area (Å²) in [5.74, 6) is 0.339. The lowest BCUT2D eigenvalue weighted by Crippen LogP contribution is -2.45. The third kappa shape index (κ3) is 4.96. The molecule has 0 aromatic heterocycles. The minimum absolute atomic E-state index is 0.00310. The number of carbonyl (C=O) groups is 1. The van der Waals surface area contributed by atoms with Gasteiger partial charge >= 0.3 is 0 Å². The van der Waals surface area contributed by atoms with E-state index in [2.05, 4.69) is 5.32 Å². The zero-order valence-electron chi connectivity index (χ0n) is 18.2. The van der Waals surface area contributed by atoms with Gasteiger partial charge < -0.3 is 10.1 Å². The molecule has 0 saturated carbocycles. The van der Waals surface area contributed by atoms with Gasteiger partial charge in [-0.1, -0.05) is 12.1 Å². The first-order chi connectivity index (χ1) is 15.1. The highest BCUT2D eigenvalue weighted by Gasteiger charge is 2.39. The minimum Gasteiger partial charge on any atom is -0.497 e. The van der Waals surface area contributed by atoms with Crippen molar-refractivity contribution in [3.05, 3.63) is 54.1 Å². The van der Waals surface area contributed by atoms with Crippen LogP contribution in [0.25, 0.3) is 0 Å². The average molecular weight is 482 g/mol. The molecule has 0 aliphatic carbocycles. The number of methoxy groups -OCH3 is 1.